The van der Waals surface area contributed by atoms with Gasteiger partial charge in [0.2, 0.25) is 5.88 Å². The molecule has 2 saturated heterocycles. The van der Waals surface area contributed by atoms with Gasteiger partial charge in [-0.1, -0.05) is 36.0 Å². The van der Waals surface area contributed by atoms with Gasteiger partial charge in [0.25, 0.3) is 0 Å². The zero-order valence-corrected chi connectivity index (χ0v) is 37.3. The third kappa shape index (κ3) is 7.68. The maximum Gasteiger partial charge on any atom is 0.410 e. The van der Waals surface area contributed by atoms with Crippen LogP contribution in [-0.4, -0.2) is 82.8 Å². The molecule has 15 heteroatoms. The summed E-state index contributed by atoms with van der Waals surface area (Å²) in [5, 5.41) is 0.683. The summed E-state index contributed by atoms with van der Waals surface area (Å²) in [6.45, 7) is 10.5. The van der Waals surface area contributed by atoms with Crippen molar-refractivity contribution in [2.45, 2.75) is 95.5 Å². The fraction of sp³-hybridized carbons (Fsp3) is 0.409. The number of amides is 1. The lowest BCUT2D eigenvalue weighted by molar-refractivity contribution is 0.000948. The zero-order valence-electron chi connectivity index (χ0n) is 34.3. The van der Waals surface area contributed by atoms with Crippen molar-refractivity contribution in [1.82, 2.24) is 19.9 Å². The Balaban J connectivity index is 1.26. The van der Waals surface area contributed by atoms with Crippen LogP contribution in [0, 0.1) is 22.1 Å². The highest BCUT2D eigenvalue weighted by atomic mass is 127. The van der Waals surface area contributed by atoms with Crippen molar-refractivity contribution in [3.63, 3.8) is 0 Å². The summed E-state index contributed by atoms with van der Waals surface area (Å²) < 4.78 is 59.0. The largest absolute Gasteiger partial charge is 0.497 e. The lowest BCUT2D eigenvalue weighted by atomic mass is 9.98. The Morgan fingerprint density at radius 3 is 2.17 bits per heavy atom. The molecule has 0 radical (unpaired) electrons. The van der Waals surface area contributed by atoms with Gasteiger partial charge in [0.1, 0.15) is 45.6 Å². The number of carbonyl (C=O) groups excluding carboxylic acids is 1. The van der Waals surface area contributed by atoms with Gasteiger partial charge >= 0.3 is 6.09 Å². The van der Waals surface area contributed by atoms with Gasteiger partial charge in [-0.2, -0.15) is 0 Å². The van der Waals surface area contributed by atoms with Crippen LogP contribution in [0.25, 0.3) is 22.2 Å². The SMILES string of the molecule is COc1ccc(CN(Cc2ccc(OC)cc2)c2cc(C)c(I)c(-c3nc4c5c(nc(SC)nc5c3F)N3C[C@H]5CC[C@@H]([C@H]3[C@H](C)O4)N5C(=O)OC(C)(C)C)c2F)cc1. The van der Waals surface area contributed by atoms with Crippen LogP contribution in [0.1, 0.15) is 57.2 Å². The molecule has 5 heterocycles. The van der Waals surface area contributed by atoms with Gasteiger partial charge in [-0.25, -0.2) is 28.5 Å². The van der Waals surface area contributed by atoms with Crippen molar-refractivity contribution in [3.05, 3.63) is 86.5 Å². The Hall–Kier alpha value is -4.64. The number of fused-ring (bicyclic) bond motifs is 5. The number of nitrogens with zero attached hydrogens (tertiary/aromatic N) is 6. The molecule has 2 fully saturated rings. The summed E-state index contributed by atoms with van der Waals surface area (Å²) in [5.74, 6) is 0.647. The van der Waals surface area contributed by atoms with Crippen LogP contribution in [0.2, 0.25) is 0 Å². The van der Waals surface area contributed by atoms with Gasteiger partial charge in [-0.3, -0.25) is 4.90 Å². The molecule has 310 valence electrons. The molecule has 0 spiro atoms. The molecule has 59 heavy (non-hydrogen) atoms. The molecular weight excluding hydrogens is 889 g/mol. The highest BCUT2D eigenvalue weighted by Gasteiger charge is 2.54. The number of pyridine rings is 1. The van der Waals surface area contributed by atoms with E-state index >= 15 is 8.78 Å². The minimum absolute atomic E-state index is 0.000645. The number of hydrogen-bond donors (Lipinski definition) is 0. The number of methoxy groups -OCH3 is 2. The normalized spacial score (nSPS) is 19.6. The molecule has 5 aromatic rings. The Morgan fingerprint density at radius 2 is 1.59 bits per heavy atom. The molecule has 3 aliphatic heterocycles. The van der Waals surface area contributed by atoms with E-state index in [9.17, 15) is 4.79 Å². The van der Waals surface area contributed by atoms with E-state index in [0.717, 1.165) is 29.5 Å². The summed E-state index contributed by atoms with van der Waals surface area (Å²) in [4.78, 5) is 34.0. The van der Waals surface area contributed by atoms with Crippen LogP contribution in [0.5, 0.6) is 17.4 Å². The van der Waals surface area contributed by atoms with Crippen molar-refractivity contribution in [1.29, 1.82) is 0 Å². The minimum atomic E-state index is -0.766. The summed E-state index contributed by atoms with van der Waals surface area (Å²) in [6, 6.07) is 16.3. The number of aryl methyl sites for hydroxylation is 1. The Kier molecular flexibility index (Phi) is 11.2. The number of anilines is 2. The van der Waals surface area contributed by atoms with E-state index in [1.807, 2.05) is 99.2 Å². The topological polar surface area (TPSA) is 102 Å². The second-order valence-corrected chi connectivity index (χ2v) is 18.1. The van der Waals surface area contributed by atoms with E-state index in [1.165, 1.54) is 11.8 Å². The number of aromatic nitrogens is 3. The Morgan fingerprint density at radius 1 is 0.966 bits per heavy atom. The van der Waals surface area contributed by atoms with E-state index in [4.69, 9.17) is 33.9 Å². The predicted octanol–water partition coefficient (Wildman–Crippen LogP) is 9.57. The first kappa shape index (κ1) is 41.1. The number of ether oxygens (including phenoxy) is 4. The van der Waals surface area contributed by atoms with Crippen LogP contribution in [0.4, 0.5) is 25.1 Å². The number of halogens is 3. The maximum absolute atomic E-state index is 17.7. The Labute approximate surface area is 360 Å². The molecule has 0 aliphatic carbocycles. The number of hydrogen-bond acceptors (Lipinski definition) is 11. The average Bonchev–Trinajstić information content (AvgIpc) is 3.46. The molecule has 1 amide bonds. The predicted molar refractivity (Wildman–Crippen MR) is 234 cm³/mol. The van der Waals surface area contributed by atoms with E-state index in [-0.39, 0.29) is 52.6 Å². The number of benzene rings is 3. The molecular formula is C44H47F2IN6O5S. The minimum Gasteiger partial charge on any atom is -0.497 e. The first-order chi connectivity index (χ1) is 28.2. The van der Waals surface area contributed by atoms with Gasteiger partial charge in [-0.15, -0.1) is 0 Å². The van der Waals surface area contributed by atoms with Crippen molar-refractivity contribution < 1.29 is 32.5 Å². The van der Waals surface area contributed by atoms with Gasteiger partial charge < -0.3 is 28.7 Å². The van der Waals surface area contributed by atoms with Gasteiger partial charge in [0.15, 0.2) is 16.8 Å². The van der Waals surface area contributed by atoms with Crippen molar-refractivity contribution >= 4 is 62.9 Å². The average molecular weight is 937 g/mol. The third-order valence-electron chi connectivity index (χ3n) is 11.3. The molecule has 4 atom stereocenters. The van der Waals surface area contributed by atoms with E-state index in [1.54, 1.807) is 20.3 Å². The van der Waals surface area contributed by atoms with Crippen molar-refractivity contribution in [2.24, 2.45) is 0 Å². The first-order valence-electron chi connectivity index (χ1n) is 19.6. The summed E-state index contributed by atoms with van der Waals surface area (Å²) in [7, 11) is 3.22. The molecule has 0 unspecified atom stereocenters. The van der Waals surface area contributed by atoms with Crippen molar-refractivity contribution in [3.8, 4) is 28.6 Å². The summed E-state index contributed by atoms with van der Waals surface area (Å²) in [5.41, 5.74) is 2.05. The van der Waals surface area contributed by atoms with Crippen LogP contribution in [0.15, 0.2) is 59.8 Å². The highest BCUT2D eigenvalue weighted by molar-refractivity contribution is 14.1. The molecule has 0 N–H and O–H groups in total. The van der Waals surface area contributed by atoms with Gasteiger partial charge in [-0.05, 0) is 123 Å². The molecule has 3 aliphatic rings. The second kappa shape index (κ2) is 16.1. The lowest BCUT2D eigenvalue weighted by Gasteiger charge is -2.48. The monoisotopic (exact) mass is 936 g/mol. The quantitative estimate of drug-likeness (QED) is 0.0803. The summed E-state index contributed by atoms with van der Waals surface area (Å²) in [6.07, 6.45) is 2.47. The highest BCUT2D eigenvalue weighted by Crippen LogP contribution is 2.48. The zero-order chi connectivity index (χ0) is 41.9. The summed E-state index contributed by atoms with van der Waals surface area (Å²) >= 11 is 3.37. The molecule has 0 saturated carbocycles. The molecule has 3 aromatic carbocycles. The lowest BCUT2D eigenvalue weighted by Crippen LogP contribution is -2.65. The molecule has 11 nitrogen and oxygen atoms in total. The van der Waals surface area contributed by atoms with E-state index in [2.05, 4.69) is 27.5 Å². The maximum atomic E-state index is 17.7. The van der Waals surface area contributed by atoms with Crippen molar-refractivity contribution in [2.75, 3.05) is 36.8 Å². The number of thioether (sulfide) groups is 1. The van der Waals surface area contributed by atoms with Gasteiger partial charge in [0.05, 0.1) is 43.6 Å². The second-order valence-electron chi connectivity index (χ2n) is 16.3. The number of piperazine rings is 1. The molecule has 8 rings (SSSR count). The smallest absolute Gasteiger partial charge is 0.410 e. The standard InChI is InChI=1S/C44H47F2IN6O5S/c1-23-19-31(51(20-25-9-14-28(55-6)15-10-25)21-26-11-16-29(56-7)17-12-26)34(45)32(36(23)47)37-35(46)38-33-40(50-42(49-38)59-8)52-22-27-13-18-30(39(52)24(2)57-41(33)48-37)53(27)43(54)58-44(3,4)5/h9-12,14-17,19,24,27,30,39H,13,18,20-22H2,1-8H3/t24-,27+,30-,39+/m0/s1. The van der Waals surface area contributed by atoms with Crippen LogP contribution < -0.4 is 24.0 Å². The number of rotatable bonds is 9. The van der Waals surface area contributed by atoms with Crippen LogP contribution in [0.3, 0.4) is 0 Å². The van der Waals surface area contributed by atoms with Crippen LogP contribution >= 0.6 is 34.4 Å². The van der Waals surface area contributed by atoms with Gasteiger partial charge in [0, 0.05) is 23.2 Å². The third-order valence-corrected chi connectivity index (χ3v) is 13.2. The fourth-order valence-electron chi connectivity index (χ4n) is 8.60. The van der Waals surface area contributed by atoms with E-state index < -0.39 is 23.3 Å². The molecule has 2 bridgehead atoms. The fourth-order valence-corrected chi connectivity index (χ4v) is 9.60. The van der Waals surface area contributed by atoms with E-state index in [0.29, 0.717) is 51.1 Å². The van der Waals surface area contributed by atoms with Crippen LogP contribution in [-0.2, 0) is 17.8 Å². The number of carbonyl (C=O) groups is 1. The Bertz CT molecular complexity index is 2370. The molecule has 2 aromatic heterocycles. The first-order valence-corrected chi connectivity index (χ1v) is 21.9.